The summed E-state index contributed by atoms with van der Waals surface area (Å²) < 4.78 is 0. The molecule has 0 aromatic heterocycles. The Morgan fingerprint density at radius 3 is 1.12 bits per heavy atom. The van der Waals surface area contributed by atoms with Gasteiger partial charge in [-0.15, -0.1) is 0 Å². The monoisotopic (exact) mass is 730 g/mol. The van der Waals surface area contributed by atoms with Crippen LogP contribution in [0.4, 0.5) is 0 Å². The molecule has 2 unspecified atom stereocenters. The second kappa shape index (κ2) is 44.0. The molecule has 0 heterocycles. The van der Waals surface area contributed by atoms with Crippen LogP contribution in [0.2, 0.25) is 0 Å². The zero-order valence-corrected chi connectivity index (χ0v) is 35.1. The van der Waals surface area contributed by atoms with E-state index in [0.29, 0.717) is 6.42 Å². The first-order valence-corrected chi connectivity index (χ1v) is 23.2. The summed E-state index contributed by atoms with van der Waals surface area (Å²) in [5.41, 5.74) is 0. The van der Waals surface area contributed by atoms with Crippen molar-refractivity contribution in [3.63, 3.8) is 0 Å². The molecule has 0 spiro atoms. The van der Waals surface area contributed by atoms with Gasteiger partial charge in [-0.3, -0.25) is 4.79 Å². The van der Waals surface area contributed by atoms with Gasteiger partial charge in [0.1, 0.15) is 0 Å². The van der Waals surface area contributed by atoms with E-state index in [1.54, 1.807) is 6.08 Å². The second-order valence-electron chi connectivity index (χ2n) is 15.8. The molecule has 1 amide bonds. The van der Waals surface area contributed by atoms with Crippen LogP contribution < -0.4 is 5.32 Å². The van der Waals surface area contributed by atoms with Gasteiger partial charge in [0.2, 0.25) is 5.91 Å². The van der Waals surface area contributed by atoms with Gasteiger partial charge >= 0.3 is 0 Å². The third-order valence-corrected chi connectivity index (χ3v) is 10.6. The van der Waals surface area contributed by atoms with Crippen molar-refractivity contribution in [2.45, 2.75) is 257 Å². The number of unbranched alkanes of at least 4 members (excludes halogenated alkanes) is 31. The number of rotatable bonds is 42. The number of aliphatic hydroxyl groups excluding tert-OH is 2. The second-order valence-corrected chi connectivity index (χ2v) is 15.8. The molecule has 52 heavy (non-hydrogen) atoms. The third-order valence-electron chi connectivity index (χ3n) is 10.6. The molecule has 0 aliphatic rings. The van der Waals surface area contributed by atoms with Crippen molar-refractivity contribution in [1.29, 1.82) is 0 Å². The molecule has 0 aliphatic carbocycles. The summed E-state index contributed by atoms with van der Waals surface area (Å²) in [4.78, 5) is 12.3. The Labute approximate surface area is 325 Å². The summed E-state index contributed by atoms with van der Waals surface area (Å²) in [6.45, 7) is 4.28. The van der Waals surface area contributed by atoms with E-state index in [0.717, 1.165) is 38.5 Å². The van der Waals surface area contributed by atoms with E-state index in [2.05, 4.69) is 43.5 Å². The molecule has 0 aromatic carbocycles. The molecule has 0 saturated heterocycles. The number of carbonyl (C=O) groups is 1. The molecule has 2 atom stereocenters. The predicted octanol–water partition coefficient (Wildman–Crippen LogP) is 14.6. The summed E-state index contributed by atoms with van der Waals surface area (Å²) >= 11 is 0. The van der Waals surface area contributed by atoms with E-state index in [-0.39, 0.29) is 12.5 Å². The van der Waals surface area contributed by atoms with Crippen molar-refractivity contribution in [2.24, 2.45) is 0 Å². The van der Waals surface area contributed by atoms with E-state index in [9.17, 15) is 15.0 Å². The standard InChI is InChI=1S/C48H91NO3/c1-3-5-7-9-11-13-14-15-16-17-18-19-20-21-22-23-24-25-26-27-28-29-30-31-32-33-34-36-37-39-41-43-47(51)46(45-50)49-48(52)44-42-40-38-35-12-10-8-6-4-2/h30-31,34,36,41,43,46-47,50-51H,3-29,32-33,35,37-40,42,44-45H2,1-2H3,(H,49,52)/b31-30+,36-34+,43-41+. The van der Waals surface area contributed by atoms with Crippen molar-refractivity contribution in [3.8, 4) is 0 Å². The molecule has 0 aliphatic heterocycles. The SMILES string of the molecule is CCCCCCCCCCCCCCCCCCCCCCC/C=C/CC/C=C/CC/C=C/C(O)C(CO)NC(=O)CCCCCCCCCCC. The average molecular weight is 730 g/mol. The molecule has 0 bridgehead atoms. The molecular weight excluding hydrogens is 639 g/mol. The lowest BCUT2D eigenvalue weighted by molar-refractivity contribution is -0.123. The molecule has 0 fully saturated rings. The largest absolute Gasteiger partial charge is 0.394 e. The minimum absolute atomic E-state index is 0.0812. The van der Waals surface area contributed by atoms with Gasteiger partial charge in [-0.25, -0.2) is 0 Å². The predicted molar refractivity (Wildman–Crippen MR) is 230 cm³/mol. The lowest BCUT2D eigenvalue weighted by Crippen LogP contribution is -2.45. The number of hydrogen-bond acceptors (Lipinski definition) is 3. The fourth-order valence-electron chi connectivity index (χ4n) is 7.03. The topological polar surface area (TPSA) is 69.6 Å². The number of amides is 1. The third kappa shape index (κ3) is 39.8. The number of nitrogens with one attached hydrogen (secondary N) is 1. The molecule has 0 radical (unpaired) electrons. The minimum atomic E-state index is -0.866. The van der Waals surface area contributed by atoms with Gasteiger partial charge in [0.15, 0.2) is 0 Å². The van der Waals surface area contributed by atoms with E-state index in [1.165, 1.54) is 186 Å². The lowest BCUT2D eigenvalue weighted by Gasteiger charge is -2.19. The Morgan fingerprint density at radius 2 is 0.750 bits per heavy atom. The normalized spacial score (nSPS) is 13.2. The lowest BCUT2D eigenvalue weighted by atomic mass is 10.0. The van der Waals surface area contributed by atoms with Crippen LogP contribution in [-0.2, 0) is 4.79 Å². The van der Waals surface area contributed by atoms with E-state index >= 15 is 0 Å². The van der Waals surface area contributed by atoms with Gasteiger partial charge in [0, 0.05) is 6.42 Å². The van der Waals surface area contributed by atoms with Gasteiger partial charge in [0.25, 0.3) is 0 Å². The molecule has 306 valence electrons. The maximum absolute atomic E-state index is 12.3. The van der Waals surface area contributed by atoms with Crippen LogP contribution in [0.1, 0.15) is 245 Å². The number of carbonyl (C=O) groups excluding carboxylic acids is 1. The van der Waals surface area contributed by atoms with Crippen LogP contribution in [0.15, 0.2) is 36.5 Å². The zero-order valence-electron chi connectivity index (χ0n) is 35.1. The molecule has 4 nitrogen and oxygen atoms in total. The fraction of sp³-hybridized carbons (Fsp3) is 0.854. The highest BCUT2D eigenvalue weighted by Crippen LogP contribution is 2.16. The summed E-state index contributed by atoms with van der Waals surface area (Å²) in [7, 11) is 0. The van der Waals surface area contributed by atoms with Crippen LogP contribution in [0, 0.1) is 0 Å². The smallest absolute Gasteiger partial charge is 0.220 e. The van der Waals surface area contributed by atoms with Gasteiger partial charge in [-0.2, -0.15) is 0 Å². The van der Waals surface area contributed by atoms with E-state index in [1.807, 2.05) is 6.08 Å². The van der Waals surface area contributed by atoms with Crippen LogP contribution in [0.5, 0.6) is 0 Å². The van der Waals surface area contributed by atoms with E-state index in [4.69, 9.17) is 0 Å². The Bertz CT molecular complexity index is 790. The maximum atomic E-state index is 12.3. The van der Waals surface area contributed by atoms with Crippen LogP contribution >= 0.6 is 0 Å². The minimum Gasteiger partial charge on any atom is -0.394 e. The molecule has 3 N–H and O–H groups in total. The molecule has 0 aromatic rings. The summed E-state index contributed by atoms with van der Waals surface area (Å²) in [5.74, 6) is -0.0812. The van der Waals surface area contributed by atoms with Crippen molar-refractivity contribution in [1.82, 2.24) is 5.32 Å². The highest BCUT2D eigenvalue weighted by atomic mass is 16.3. The maximum Gasteiger partial charge on any atom is 0.220 e. The van der Waals surface area contributed by atoms with Crippen LogP contribution in [0.25, 0.3) is 0 Å². The Hall–Kier alpha value is -1.39. The van der Waals surface area contributed by atoms with Crippen LogP contribution in [0.3, 0.4) is 0 Å². The first kappa shape index (κ1) is 50.6. The number of allylic oxidation sites excluding steroid dienone is 5. The Morgan fingerprint density at radius 1 is 0.442 bits per heavy atom. The first-order valence-electron chi connectivity index (χ1n) is 23.2. The number of hydrogen-bond donors (Lipinski definition) is 3. The molecular formula is C48H91NO3. The van der Waals surface area contributed by atoms with Crippen LogP contribution in [-0.4, -0.2) is 34.9 Å². The van der Waals surface area contributed by atoms with Gasteiger partial charge in [-0.05, 0) is 44.9 Å². The molecule has 0 rings (SSSR count). The molecule has 0 saturated carbocycles. The van der Waals surface area contributed by atoms with Crippen molar-refractivity contribution < 1.29 is 15.0 Å². The Kier molecular flexibility index (Phi) is 42.8. The number of aliphatic hydroxyl groups is 2. The van der Waals surface area contributed by atoms with Crippen molar-refractivity contribution >= 4 is 5.91 Å². The Balaban J connectivity index is 3.51. The van der Waals surface area contributed by atoms with Crippen molar-refractivity contribution in [3.05, 3.63) is 36.5 Å². The summed E-state index contributed by atoms with van der Waals surface area (Å²) in [6.07, 6.45) is 58.6. The zero-order chi connectivity index (χ0) is 37.8. The fourth-order valence-corrected chi connectivity index (χ4v) is 7.03. The van der Waals surface area contributed by atoms with Crippen molar-refractivity contribution in [2.75, 3.05) is 6.61 Å². The molecule has 4 heteroatoms. The summed E-state index contributed by atoms with van der Waals surface area (Å²) in [6, 6.07) is -0.641. The highest BCUT2D eigenvalue weighted by Gasteiger charge is 2.17. The van der Waals surface area contributed by atoms with E-state index < -0.39 is 12.1 Å². The highest BCUT2D eigenvalue weighted by molar-refractivity contribution is 5.76. The van der Waals surface area contributed by atoms with Gasteiger partial charge < -0.3 is 15.5 Å². The average Bonchev–Trinajstić information content (AvgIpc) is 3.15. The van der Waals surface area contributed by atoms with Gasteiger partial charge in [0.05, 0.1) is 18.8 Å². The van der Waals surface area contributed by atoms with Gasteiger partial charge in [-0.1, -0.05) is 230 Å². The first-order chi connectivity index (χ1) is 25.7. The summed E-state index contributed by atoms with van der Waals surface area (Å²) in [5, 5.41) is 22.9. The quantitative estimate of drug-likeness (QED) is 0.0433.